The Morgan fingerprint density at radius 1 is 1.23 bits per heavy atom. The molecule has 0 amide bonds. The summed E-state index contributed by atoms with van der Waals surface area (Å²) in [5.74, 6) is -1.20. The van der Waals surface area contributed by atoms with Gasteiger partial charge in [-0.15, -0.1) is 0 Å². The maximum Gasteiger partial charge on any atom is 0.341 e. The Balaban J connectivity index is 1.83. The average molecular weight is 557 g/mol. The minimum absolute atomic E-state index is 0.211. The summed E-state index contributed by atoms with van der Waals surface area (Å²) in [7, 11) is 0. The highest BCUT2D eigenvalue weighted by atomic mass is 79.9. The van der Waals surface area contributed by atoms with Gasteiger partial charge in [0.2, 0.25) is 0 Å². The van der Waals surface area contributed by atoms with Gasteiger partial charge in [0, 0.05) is 0 Å². The Labute approximate surface area is 212 Å². The molecule has 1 aromatic heterocycles. The Morgan fingerprint density at radius 2 is 1.97 bits per heavy atom. The van der Waals surface area contributed by atoms with Gasteiger partial charge in [0.1, 0.15) is 5.75 Å². The van der Waals surface area contributed by atoms with E-state index in [1.165, 1.54) is 15.9 Å². The molecule has 0 fully saturated rings. The molecule has 1 atom stereocenters. The van der Waals surface area contributed by atoms with E-state index in [0.717, 1.165) is 5.56 Å². The number of ether oxygens (including phenoxy) is 2. The number of hydrogen-bond donors (Lipinski definition) is 1. The summed E-state index contributed by atoms with van der Waals surface area (Å²) in [5, 5.41) is 8.81. The monoisotopic (exact) mass is 556 g/mol. The van der Waals surface area contributed by atoms with Crippen LogP contribution in [0.3, 0.4) is 0 Å². The number of benzene rings is 2. The summed E-state index contributed by atoms with van der Waals surface area (Å²) < 4.78 is 13.1. The summed E-state index contributed by atoms with van der Waals surface area (Å²) in [5.41, 5.74) is 2.05. The average Bonchev–Trinajstić information content (AvgIpc) is 3.12. The van der Waals surface area contributed by atoms with Crippen molar-refractivity contribution in [1.82, 2.24) is 4.57 Å². The van der Waals surface area contributed by atoms with Crippen molar-refractivity contribution in [3.05, 3.63) is 95.1 Å². The van der Waals surface area contributed by atoms with Gasteiger partial charge >= 0.3 is 11.9 Å². The summed E-state index contributed by atoms with van der Waals surface area (Å²) in [6, 6.07) is 13.8. The van der Waals surface area contributed by atoms with Crippen molar-refractivity contribution in [2.24, 2.45) is 4.99 Å². The quantitative estimate of drug-likeness (QED) is 0.448. The van der Waals surface area contributed by atoms with E-state index in [-0.39, 0.29) is 12.2 Å². The van der Waals surface area contributed by atoms with Gasteiger partial charge in [-0.2, -0.15) is 0 Å². The molecule has 0 unspecified atom stereocenters. The number of carboxylic acid groups (broad SMARTS) is 1. The normalized spacial score (nSPS) is 15.4. The third-order valence-electron chi connectivity index (χ3n) is 5.24. The fourth-order valence-corrected chi connectivity index (χ4v) is 5.31. The van der Waals surface area contributed by atoms with Crippen molar-refractivity contribution in [2.75, 3.05) is 13.2 Å². The van der Waals surface area contributed by atoms with Gasteiger partial charge in [0.05, 0.1) is 32.9 Å². The maximum atomic E-state index is 13.6. The number of rotatable bonds is 7. The molecule has 0 radical (unpaired) electrons. The lowest BCUT2D eigenvalue weighted by Crippen LogP contribution is -2.39. The minimum atomic E-state index is -1.08. The van der Waals surface area contributed by atoms with Crippen LogP contribution in [0.1, 0.15) is 31.0 Å². The molecule has 0 spiro atoms. The van der Waals surface area contributed by atoms with Crippen LogP contribution in [0.15, 0.2) is 74.1 Å². The lowest BCUT2D eigenvalue weighted by Gasteiger charge is -2.24. The molecule has 2 aromatic carbocycles. The first-order chi connectivity index (χ1) is 16.8. The second-order valence-electron chi connectivity index (χ2n) is 7.59. The molecule has 1 N–H and O–H groups in total. The third kappa shape index (κ3) is 5.13. The summed E-state index contributed by atoms with van der Waals surface area (Å²) in [6.07, 6.45) is 1.72. The molecule has 0 bridgehead atoms. The predicted molar refractivity (Wildman–Crippen MR) is 134 cm³/mol. The van der Waals surface area contributed by atoms with E-state index < -0.39 is 24.6 Å². The largest absolute Gasteiger partial charge is 0.481 e. The SMILES string of the molecule is CCOC(=O)C1=C(C)N=c2s/c(=C/c3ccc(OCC(=O)O)c(Br)c3)c(=O)n2[C@H]1c1ccccc1. The van der Waals surface area contributed by atoms with Crippen molar-refractivity contribution in [3.8, 4) is 5.75 Å². The maximum absolute atomic E-state index is 13.6. The highest BCUT2D eigenvalue weighted by Gasteiger charge is 2.33. The molecule has 0 saturated heterocycles. The van der Waals surface area contributed by atoms with Crippen molar-refractivity contribution in [1.29, 1.82) is 0 Å². The zero-order valence-electron chi connectivity index (χ0n) is 18.9. The number of thiazole rings is 1. The minimum Gasteiger partial charge on any atom is -0.481 e. The number of nitrogens with zero attached hydrogens (tertiary/aromatic N) is 2. The summed E-state index contributed by atoms with van der Waals surface area (Å²) >= 11 is 4.61. The van der Waals surface area contributed by atoms with Crippen LogP contribution < -0.4 is 19.6 Å². The molecule has 35 heavy (non-hydrogen) atoms. The predicted octanol–water partition coefficient (Wildman–Crippen LogP) is 3.02. The van der Waals surface area contributed by atoms with Crippen LogP contribution in [0, 0.1) is 0 Å². The fourth-order valence-electron chi connectivity index (χ4n) is 3.76. The number of allylic oxidation sites excluding steroid dienone is 1. The highest BCUT2D eigenvalue weighted by molar-refractivity contribution is 9.10. The van der Waals surface area contributed by atoms with Gasteiger partial charge < -0.3 is 14.6 Å². The van der Waals surface area contributed by atoms with Crippen molar-refractivity contribution in [3.63, 3.8) is 0 Å². The van der Waals surface area contributed by atoms with Crippen LogP contribution in [0.5, 0.6) is 5.75 Å². The molecule has 2 heterocycles. The molecule has 10 heteroatoms. The zero-order valence-corrected chi connectivity index (χ0v) is 21.3. The zero-order chi connectivity index (χ0) is 25.1. The van der Waals surface area contributed by atoms with E-state index in [9.17, 15) is 14.4 Å². The van der Waals surface area contributed by atoms with Crippen LogP contribution in [0.25, 0.3) is 6.08 Å². The van der Waals surface area contributed by atoms with Gasteiger partial charge in [-0.25, -0.2) is 14.6 Å². The van der Waals surface area contributed by atoms with Crippen LogP contribution in [-0.4, -0.2) is 34.8 Å². The topological polar surface area (TPSA) is 107 Å². The molecular weight excluding hydrogens is 536 g/mol. The second-order valence-corrected chi connectivity index (χ2v) is 9.45. The molecule has 1 aliphatic heterocycles. The number of aromatic nitrogens is 1. The Morgan fingerprint density at radius 3 is 2.63 bits per heavy atom. The third-order valence-corrected chi connectivity index (χ3v) is 6.84. The lowest BCUT2D eigenvalue weighted by molar-refractivity contribution is -0.140. The number of hydrogen-bond acceptors (Lipinski definition) is 7. The number of fused-ring (bicyclic) bond motifs is 1. The standard InChI is InChI=1S/C25H21BrN2O6S/c1-3-33-24(32)21-14(2)27-25-28(22(21)16-7-5-4-6-8-16)23(31)19(35-25)12-15-9-10-18(17(26)11-15)34-13-20(29)30/h4-12,22H,3,13H2,1-2H3,(H,29,30)/b19-12+/t22-/m0/s1. The first-order valence-electron chi connectivity index (χ1n) is 10.7. The van der Waals surface area contributed by atoms with E-state index in [4.69, 9.17) is 14.6 Å². The molecular formula is C25H21BrN2O6S. The fraction of sp³-hybridized carbons (Fsp3) is 0.200. The highest BCUT2D eigenvalue weighted by Crippen LogP contribution is 2.30. The van der Waals surface area contributed by atoms with E-state index in [1.54, 1.807) is 38.1 Å². The van der Waals surface area contributed by atoms with Crippen LogP contribution in [-0.2, 0) is 14.3 Å². The number of esters is 1. The molecule has 4 rings (SSSR count). The Hall–Kier alpha value is -3.50. The number of halogens is 1. The first-order valence-corrected chi connectivity index (χ1v) is 12.3. The van der Waals surface area contributed by atoms with Crippen LogP contribution >= 0.6 is 27.3 Å². The van der Waals surface area contributed by atoms with Gasteiger partial charge in [-0.3, -0.25) is 9.36 Å². The summed E-state index contributed by atoms with van der Waals surface area (Å²) in [6.45, 7) is 3.23. The van der Waals surface area contributed by atoms with Gasteiger partial charge in [-0.1, -0.05) is 47.7 Å². The van der Waals surface area contributed by atoms with Gasteiger partial charge in [0.15, 0.2) is 11.4 Å². The molecule has 1 aliphatic rings. The lowest BCUT2D eigenvalue weighted by atomic mass is 9.96. The van der Waals surface area contributed by atoms with E-state index >= 15 is 0 Å². The van der Waals surface area contributed by atoms with Crippen molar-refractivity contribution >= 4 is 45.3 Å². The molecule has 0 saturated carbocycles. The van der Waals surface area contributed by atoms with E-state index in [2.05, 4.69) is 20.9 Å². The number of aliphatic carboxylic acids is 1. The number of carboxylic acids is 1. The first kappa shape index (κ1) is 24.6. The Bertz CT molecular complexity index is 1510. The summed E-state index contributed by atoms with van der Waals surface area (Å²) in [4.78, 5) is 42.2. The molecule has 3 aromatic rings. The second kappa shape index (κ2) is 10.4. The van der Waals surface area contributed by atoms with Gasteiger partial charge in [0.25, 0.3) is 5.56 Å². The van der Waals surface area contributed by atoms with Crippen molar-refractivity contribution < 1.29 is 24.2 Å². The van der Waals surface area contributed by atoms with E-state index in [0.29, 0.717) is 36.4 Å². The smallest absolute Gasteiger partial charge is 0.341 e. The van der Waals surface area contributed by atoms with E-state index in [1.807, 2.05) is 30.3 Å². The van der Waals surface area contributed by atoms with Crippen LogP contribution in [0.2, 0.25) is 0 Å². The Kier molecular flexibility index (Phi) is 7.32. The van der Waals surface area contributed by atoms with Crippen LogP contribution in [0.4, 0.5) is 0 Å². The van der Waals surface area contributed by atoms with Crippen molar-refractivity contribution in [2.45, 2.75) is 19.9 Å². The molecule has 180 valence electrons. The number of carbonyl (C=O) groups excluding carboxylic acids is 1. The number of carbonyl (C=O) groups is 2. The molecule has 8 nitrogen and oxygen atoms in total. The van der Waals surface area contributed by atoms with Gasteiger partial charge in [-0.05, 0) is 59.1 Å². The molecule has 0 aliphatic carbocycles.